The number of anilines is 1. The van der Waals surface area contributed by atoms with Crippen LogP contribution in [0.25, 0.3) is 0 Å². The maximum absolute atomic E-state index is 14.0. The summed E-state index contributed by atoms with van der Waals surface area (Å²) in [5.41, 5.74) is -1.07. The molecule has 1 aliphatic heterocycles. The Labute approximate surface area is 129 Å². The van der Waals surface area contributed by atoms with Crippen molar-refractivity contribution in [1.29, 1.82) is 0 Å². The van der Waals surface area contributed by atoms with Gasteiger partial charge in [0.2, 0.25) is 0 Å². The fourth-order valence-electron chi connectivity index (χ4n) is 2.06. The molecule has 0 aromatic heterocycles. The van der Waals surface area contributed by atoms with Gasteiger partial charge >= 0.3 is 11.9 Å². The fourth-order valence-corrected chi connectivity index (χ4v) is 2.06. The standard InChI is InChI=1S/C14H12F3NO5/c1-21-13(19)7-5-23-6-18(12(7)14(20)22-2)9-4-3-8(15)10(16)11(9)17/h3-4H,5-6H2,1-2H3. The summed E-state index contributed by atoms with van der Waals surface area (Å²) in [6.45, 7) is -0.647. The molecule has 0 saturated carbocycles. The predicted octanol–water partition coefficient (Wildman–Crippen LogP) is 1.50. The zero-order valence-corrected chi connectivity index (χ0v) is 12.2. The number of hydrogen-bond acceptors (Lipinski definition) is 6. The number of nitrogens with zero attached hydrogens (tertiary/aromatic N) is 1. The van der Waals surface area contributed by atoms with Gasteiger partial charge in [0.05, 0.1) is 32.1 Å². The molecule has 0 unspecified atom stereocenters. The van der Waals surface area contributed by atoms with Crippen LogP contribution in [0.5, 0.6) is 0 Å². The molecule has 0 spiro atoms. The van der Waals surface area contributed by atoms with Crippen LogP contribution in [-0.2, 0) is 23.8 Å². The molecular formula is C14H12F3NO5. The second-order valence-electron chi connectivity index (χ2n) is 4.41. The van der Waals surface area contributed by atoms with Crippen molar-refractivity contribution in [2.75, 3.05) is 32.5 Å². The SMILES string of the molecule is COC(=O)C1=C(C(=O)OC)N(c2ccc(F)c(F)c2F)COC1. The maximum atomic E-state index is 14.0. The summed E-state index contributed by atoms with van der Waals surface area (Å²) in [7, 11) is 2.14. The number of ether oxygens (including phenoxy) is 3. The third-order valence-electron chi connectivity index (χ3n) is 3.14. The van der Waals surface area contributed by atoms with Crippen molar-refractivity contribution in [3.8, 4) is 0 Å². The molecule has 9 heteroatoms. The van der Waals surface area contributed by atoms with E-state index in [0.29, 0.717) is 6.07 Å². The van der Waals surface area contributed by atoms with Gasteiger partial charge in [-0.2, -0.15) is 0 Å². The van der Waals surface area contributed by atoms with Crippen LogP contribution in [0.3, 0.4) is 0 Å². The molecular weight excluding hydrogens is 319 g/mol. The van der Waals surface area contributed by atoms with E-state index in [0.717, 1.165) is 25.2 Å². The molecule has 0 atom stereocenters. The number of hydrogen-bond donors (Lipinski definition) is 0. The Hall–Kier alpha value is -2.55. The smallest absolute Gasteiger partial charge is 0.355 e. The average Bonchev–Trinajstić information content (AvgIpc) is 2.57. The number of halogens is 3. The van der Waals surface area contributed by atoms with E-state index in [1.54, 1.807) is 0 Å². The van der Waals surface area contributed by atoms with Crippen molar-refractivity contribution in [3.63, 3.8) is 0 Å². The lowest BCUT2D eigenvalue weighted by atomic mass is 10.1. The second kappa shape index (κ2) is 6.69. The molecule has 1 aromatic rings. The fraction of sp³-hybridized carbons (Fsp3) is 0.286. The number of rotatable bonds is 3. The topological polar surface area (TPSA) is 65.1 Å². The van der Waals surface area contributed by atoms with Crippen molar-refractivity contribution in [2.45, 2.75) is 0 Å². The van der Waals surface area contributed by atoms with Crippen molar-refractivity contribution in [3.05, 3.63) is 40.9 Å². The van der Waals surface area contributed by atoms with E-state index in [-0.39, 0.29) is 24.6 Å². The van der Waals surface area contributed by atoms with Gasteiger partial charge in [0.1, 0.15) is 12.4 Å². The molecule has 6 nitrogen and oxygen atoms in total. The van der Waals surface area contributed by atoms with Crippen molar-refractivity contribution in [1.82, 2.24) is 0 Å². The summed E-state index contributed by atoms with van der Waals surface area (Å²) >= 11 is 0. The van der Waals surface area contributed by atoms with Gasteiger partial charge in [0.25, 0.3) is 0 Å². The van der Waals surface area contributed by atoms with E-state index in [1.807, 2.05) is 0 Å². The van der Waals surface area contributed by atoms with E-state index >= 15 is 0 Å². The van der Waals surface area contributed by atoms with Crippen LogP contribution < -0.4 is 4.90 Å². The van der Waals surface area contributed by atoms with Crippen LogP contribution in [0.2, 0.25) is 0 Å². The first-order valence-corrected chi connectivity index (χ1v) is 6.30. The lowest BCUT2D eigenvalue weighted by Gasteiger charge is -2.31. The van der Waals surface area contributed by atoms with Gasteiger partial charge in [0, 0.05) is 0 Å². The Balaban J connectivity index is 2.62. The summed E-state index contributed by atoms with van der Waals surface area (Å²) < 4.78 is 54.7. The molecule has 0 N–H and O–H groups in total. The van der Waals surface area contributed by atoms with Gasteiger partial charge in [-0.1, -0.05) is 0 Å². The van der Waals surface area contributed by atoms with Crippen LogP contribution in [0.4, 0.5) is 18.9 Å². The van der Waals surface area contributed by atoms with Gasteiger partial charge < -0.3 is 19.1 Å². The molecule has 1 aromatic carbocycles. The first kappa shape index (κ1) is 16.8. The quantitative estimate of drug-likeness (QED) is 0.618. The van der Waals surface area contributed by atoms with Crippen molar-refractivity contribution < 1.29 is 37.0 Å². The summed E-state index contributed by atoms with van der Waals surface area (Å²) in [4.78, 5) is 24.6. The van der Waals surface area contributed by atoms with Crippen LogP contribution >= 0.6 is 0 Å². The first-order valence-electron chi connectivity index (χ1n) is 6.30. The molecule has 23 heavy (non-hydrogen) atoms. The molecule has 1 heterocycles. The van der Waals surface area contributed by atoms with Gasteiger partial charge in [-0.3, -0.25) is 0 Å². The van der Waals surface area contributed by atoms with E-state index in [1.165, 1.54) is 0 Å². The van der Waals surface area contributed by atoms with Crippen LogP contribution in [0.1, 0.15) is 0 Å². The summed E-state index contributed by atoms with van der Waals surface area (Å²) in [6, 6.07) is 1.61. The van der Waals surface area contributed by atoms with Crippen molar-refractivity contribution >= 4 is 17.6 Å². The molecule has 0 amide bonds. The van der Waals surface area contributed by atoms with Gasteiger partial charge in [-0.15, -0.1) is 0 Å². The van der Waals surface area contributed by atoms with E-state index in [4.69, 9.17) is 4.74 Å². The molecule has 0 bridgehead atoms. The minimum Gasteiger partial charge on any atom is -0.466 e. The van der Waals surface area contributed by atoms with Gasteiger partial charge in [0.15, 0.2) is 17.5 Å². The maximum Gasteiger partial charge on any atom is 0.355 e. The highest BCUT2D eigenvalue weighted by Crippen LogP contribution is 2.30. The Kier molecular flexibility index (Phi) is 4.89. The first-order chi connectivity index (χ1) is 10.9. The highest BCUT2D eigenvalue weighted by molar-refractivity contribution is 6.03. The van der Waals surface area contributed by atoms with Crippen LogP contribution in [0.15, 0.2) is 23.4 Å². The number of benzene rings is 1. The summed E-state index contributed by atoms with van der Waals surface area (Å²) in [6.07, 6.45) is 0. The lowest BCUT2D eigenvalue weighted by Crippen LogP contribution is -2.39. The van der Waals surface area contributed by atoms with Crippen LogP contribution in [-0.4, -0.2) is 39.5 Å². The van der Waals surface area contributed by atoms with Crippen LogP contribution in [0, 0.1) is 17.5 Å². The average molecular weight is 331 g/mol. The third kappa shape index (κ3) is 3.00. The predicted molar refractivity (Wildman–Crippen MR) is 70.7 cm³/mol. The lowest BCUT2D eigenvalue weighted by molar-refractivity contribution is -0.140. The second-order valence-corrected chi connectivity index (χ2v) is 4.41. The van der Waals surface area contributed by atoms with E-state index in [9.17, 15) is 22.8 Å². The minimum absolute atomic E-state index is 0.227. The highest BCUT2D eigenvalue weighted by Gasteiger charge is 2.34. The van der Waals surface area contributed by atoms with E-state index in [2.05, 4.69) is 9.47 Å². The van der Waals surface area contributed by atoms with Crippen molar-refractivity contribution in [2.24, 2.45) is 0 Å². The Morgan fingerprint density at radius 1 is 1.09 bits per heavy atom. The Morgan fingerprint density at radius 2 is 1.74 bits per heavy atom. The third-order valence-corrected chi connectivity index (χ3v) is 3.14. The zero-order valence-electron chi connectivity index (χ0n) is 12.2. The van der Waals surface area contributed by atoms with E-state index < -0.39 is 35.1 Å². The molecule has 2 rings (SSSR count). The molecule has 0 radical (unpaired) electrons. The molecule has 0 aliphatic carbocycles. The summed E-state index contributed by atoms with van der Waals surface area (Å²) in [5.74, 6) is -6.49. The molecule has 0 saturated heterocycles. The number of carbonyl (C=O) groups is 2. The highest BCUT2D eigenvalue weighted by atomic mass is 19.2. The number of esters is 2. The Morgan fingerprint density at radius 3 is 2.35 bits per heavy atom. The molecule has 0 fully saturated rings. The normalized spacial score (nSPS) is 14.7. The molecule has 1 aliphatic rings. The Bertz CT molecular complexity index is 689. The van der Waals surface area contributed by atoms with Gasteiger partial charge in [-0.05, 0) is 12.1 Å². The monoisotopic (exact) mass is 331 g/mol. The largest absolute Gasteiger partial charge is 0.466 e. The zero-order chi connectivity index (χ0) is 17.1. The van der Waals surface area contributed by atoms with Gasteiger partial charge in [-0.25, -0.2) is 22.8 Å². The minimum atomic E-state index is -1.71. The molecule has 124 valence electrons. The summed E-state index contributed by atoms with van der Waals surface area (Å²) in [5, 5.41) is 0. The number of methoxy groups -OCH3 is 2. The number of carbonyl (C=O) groups excluding carboxylic acids is 2.